The monoisotopic (exact) mass is 525 g/mol. The van der Waals surface area contributed by atoms with Crippen LogP contribution in [0.1, 0.15) is 65.1 Å². The van der Waals surface area contributed by atoms with Gasteiger partial charge in [-0.1, -0.05) is 31.2 Å². The van der Waals surface area contributed by atoms with E-state index in [0.717, 1.165) is 0 Å². The summed E-state index contributed by atoms with van der Waals surface area (Å²) in [6, 6.07) is 10.2. The molecule has 0 radical (unpaired) electrons. The highest BCUT2D eigenvalue weighted by molar-refractivity contribution is 5.93. The summed E-state index contributed by atoms with van der Waals surface area (Å²) in [7, 11) is 0. The van der Waals surface area contributed by atoms with Crippen LogP contribution in [0, 0.1) is 5.92 Å². The Morgan fingerprint density at radius 1 is 0.974 bits per heavy atom. The lowest BCUT2D eigenvalue weighted by Gasteiger charge is -2.35. The summed E-state index contributed by atoms with van der Waals surface area (Å²) in [5, 5.41) is 25.2. The van der Waals surface area contributed by atoms with Gasteiger partial charge in [0.15, 0.2) is 0 Å². The number of rotatable bonds is 9. The van der Waals surface area contributed by atoms with Crippen molar-refractivity contribution in [3.8, 4) is 11.5 Å². The van der Waals surface area contributed by atoms with E-state index in [1.807, 2.05) is 20.8 Å². The number of aromatic hydroxyl groups is 2. The molecular formula is C29H39N3O6. The maximum atomic E-state index is 14.3. The molecule has 9 nitrogen and oxygen atoms in total. The molecule has 0 heterocycles. The van der Waals surface area contributed by atoms with Gasteiger partial charge in [0.2, 0.25) is 11.8 Å². The fraction of sp³-hybridized carbons (Fsp3) is 0.483. The number of phenols is 2. The third kappa shape index (κ3) is 7.87. The minimum atomic E-state index is -1.03. The number of alkyl carbamates (subject to hydrolysis) is 1. The molecular weight excluding hydrogens is 486 g/mol. The summed E-state index contributed by atoms with van der Waals surface area (Å²) >= 11 is 0. The molecule has 3 amide bonds. The zero-order chi connectivity index (χ0) is 28.2. The lowest BCUT2D eigenvalue weighted by atomic mass is 9.99. The first kappa shape index (κ1) is 28.8. The maximum Gasteiger partial charge on any atom is 0.408 e. The second-order valence-corrected chi connectivity index (χ2v) is 11.3. The minimum Gasteiger partial charge on any atom is -0.508 e. The third-order valence-corrected chi connectivity index (χ3v) is 6.21. The Morgan fingerprint density at radius 2 is 1.50 bits per heavy atom. The summed E-state index contributed by atoms with van der Waals surface area (Å²) in [5.41, 5.74) is 0.495. The molecule has 9 heteroatoms. The Labute approximate surface area is 224 Å². The SMILES string of the molecule is CC(C)NC(=O)C(c1ccc(O)cc1)N(C(=O)C(Cc1ccc(O)cc1)NC(=O)OC(C)(C)C)C1CC1C. The Balaban J connectivity index is 2.03. The molecule has 1 saturated carbocycles. The van der Waals surface area contributed by atoms with E-state index in [4.69, 9.17) is 4.74 Å². The van der Waals surface area contributed by atoms with Crippen molar-refractivity contribution >= 4 is 17.9 Å². The normalized spacial score (nSPS) is 18.3. The average Bonchev–Trinajstić information content (AvgIpc) is 3.52. The van der Waals surface area contributed by atoms with Gasteiger partial charge < -0.3 is 30.5 Å². The van der Waals surface area contributed by atoms with Gasteiger partial charge in [0, 0.05) is 18.5 Å². The van der Waals surface area contributed by atoms with Crippen molar-refractivity contribution in [1.82, 2.24) is 15.5 Å². The molecule has 38 heavy (non-hydrogen) atoms. The van der Waals surface area contributed by atoms with E-state index in [0.29, 0.717) is 17.5 Å². The predicted molar refractivity (Wildman–Crippen MR) is 144 cm³/mol. The Bertz CT molecular complexity index is 1120. The highest BCUT2D eigenvalue weighted by Gasteiger charge is 2.48. The van der Waals surface area contributed by atoms with Crippen LogP contribution in [-0.2, 0) is 20.7 Å². The van der Waals surface area contributed by atoms with Crippen molar-refractivity contribution < 1.29 is 29.3 Å². The molecule has 206 valence electrons. The van der Waals surface area contributed by atoms with Crippen LogP contribution >= 0.6 is 0 Å². The van der Waals surface area contributed by atoms with Crippen molar-refractivity contribution in [2.45, 2.75) is 84.2 Å². The molecule has 0 bridgehead atoms. The van der Waals surface area contributed by atoms with Crippen molar-refractivity contribution in [3.05, 3.63) is 59.7 Å². The van der Waals surface area contributed by atoms with Gasteiger partial charge in [0.05, 0.1) is 0 Å². The molecule has 0 aromatic heterocycles. The van der Waals surface area contributed by atoms with Gasteiger partial charge in [-0.15, -0.1) is 0 Å². The van der Waals surface area contributed by atoms with Crippen molar-refractivity contribution in [2.75, 3.05) is 0 Å². The number of phenolic OH excluding ortho intramolecular Hbond substituents is 2. The average molecular weight is 526 g/mol. The van der Waals surface area contributed by atoms with E-state index in [1.165, 1.54) is 24.3 Å². The highest BCUT2D eigenvalue weighted by Crippen LogP contribution is 2.41. The van der Waals surface area contributed by atoms with Gasteiger partial charge in [-0.3, -0.25) is 9.59 Å². The minimum absolute atomic E-state index is 0.0474. The van der Waals surface area contributed by atoms with Gasteiger partial charge in [-0.25, -0.2) is 4.79 Å². The van der Waals surface area contributed by atoms with Crippen LogP contribution < -0.4 is 10.6 Å². The van der Waals surface area contributed by atoms with Crippen LogP contribution in [0.25, 0.3) is 0 Å². The van der Waals surface area contributed by atoms with Gasteiger partial charge in [0.1, 0.15) is 29.2 Å². The molecule has 0 saturated heterocycles. The molecule has 1 fully saturated rings. The molecule has 4 unspecified atom stereocenters. The van der Waals surface area contributed by atoms with E-state index >= 15 is 0 Å². The fourth-order valence-corrected chi connectivity index (χ4v) is 4.33. The molecule has 0 spiro atoms. The number of hydrogen-bond acceptors (Lipinski definition) is 6. The number of carbonyl (C=O) groups excluding carboxylic acids is 3. The Morgan fingerprint density at radius 3 is 1.97 bits per heavy atom. The number of hydrogen-bond donors (Lipinski definition) is 4. The standard InChI is InChI=1S/C29H39N3O6/c1-17(2)30-26(35)25(20-9-13-22(34)14-10-20)32(24-15-18(24)3)27(36)23(31-28(37)38-29(4,5)6)16-19-7-11-21(33)12-8-19/h7-14,17-18,23-25,33-34H,15-16H2,1-6H3,(H,30,35)(H,31,37). The Hall–Kier alpha value is -3.75. The smallest absolute Gasteiger partial charge is 0.408 e. The highest BCUT2D eigenvalue weighted by atomic mass is 16.6. The van der Waals surface area contributed by atoms with E-state index in [-0.39, 0.29) is 41.8 Å². The summed E-state index contributed by atoms with van der Waals surface area (Å²) in [4.78, 5) is 42.2. The van der Waals surface area contributed by atoms with E-state index in [9.17, 15) is 24.6 Å². The summed E-state index contributed by atoms with van der Waals surface area (Å²) in [6.45, 7) is 10.9. The first-order valence-corrected chi connectivity index (χ1v) is 12.9. The number of nitrogens with zero attached hydrogens (tertiary/aromatic N) is 1. The van der Waals surface area contributed by atoms with Crippen molar-refractivity contribution in [1.29, 1.82) is 0 Å². The van der Waals surface area contributed by atoms with Crippen LogP contribution in [0.15, 0.2) is 48.5 Å². The van der Waals surface area contributed by atoms with Crippen LogP contribution in [0.5, 0.6) is 11.5 Å². The third-order valence-electron chi connectivity index (χ3n) is 6.21. The van der Waals surface area contributed by atoms with Crippen molar-refractivity contribution in [2.24, 2.45) is 5.92 Å². The van der Waals surface area contributed by atoms with Gasteiger partial charge in [0.25, 0.3) is 0 Å². The van der Waals surface area contributed by atoms with Crippen LogP contribution in [0.3, 0.4) is 0 Å². The molecule has 4 N–H and O–H groups in total. The largest absolute Gasteiger partial charge is 0.508 e. The quantitative estimate of drug-likeness (QED) is 0.391. The topological polar surface area (TPSA) is 128 Å². The molecule has 1 aliphatic carbocycles. The van der Waals surface area contributed by atoms with E-state index in [1.54, 1.807) is 49.9 Å². The Kier molecular flexibility index (Phi) is 8.91. The molecule has 3 rings (SSSR count). The molecule has 4 atom stereocenters. The number of carbonyl (C=O) groups is 3. The van der Waals surface area contributed by atoms with E-state index < -0.39 is 29.7 Å². The zero-order valence-electron chi connectivity index (χ0n) is 22.9. The zero-order valence-corrected chi connectivity index (χ0v) is 22.9. The number of ether oxygens (including phenoxy) is 1. The molecule has 0 aliphatic heterocycles. The second kappa shape index (κ2) is 11.8. The summed E-state index contributed by atoms with van der Waals surface area (Å²) < 4.78 is 5.44. The second-order valence-electron chi connectivity index (χ2n) is 11.3. The van der Waals surface area contributed by atoms with Crippen LogP contribution in [0.2, 0.25) is 0 Å². The summed E-state index contributed by atoms with van der Waals surface area (Å²) in [5.74, 6) is -0.468. The van der Waals surface area contributed by atoms with Gasteiger partial charge in [-0.05, 0) is 82.3 Å². The maximum absolute atomic E-state index is 14.3. The molecule has 2 aromatic rings. The fourth-order valence-electron chi connectivity index (χ4n) is 4.33. The first-order valence-electron chi connectivity index (χ1n) is 12.9. The molecule has 1 aliphatic rings. The van der Waals surface area contributed by atoms with Crippen LogP contribution in [0.4, 0.5) is 4.79 Å². The summed E-state index contributed by atoms with van der Waals surface area (Å²) in [6.07, 6.45) is 0.101. The van der Waals surface area contributed by atoms with E-state index in [2.05, 4.69) is 10.6 Å². The van der Waals surface area contributed by atoms with Crippen LogP contribution in [-0.4, -0.2) is 56.7 Å². The first-order chi connectivity index (χ1) is 17.7. The number of benzene rings is 2. The predicted octanol–water partition coefficient (Wildman–Crippen LogP) is 4.04. The van der Waals surface area contributed by atoms with Crippen molar-refractivity contribution in [3.63, 3.8) is 0 Å². The number of nitrogens with one attached hydrogen (secondary N) is 2. The number of amides is 3. The van der Waals surface area contributed by atoms with Gasteiger partial charge in [-0.2, -0.15) is 0 Å². The van der Waals surface area contributed by atoms with Gasteiger partial charge >= 0.3 is 6.09 Å². The lowest BCUT2D eigenvalue weighted by molar-refractivity contribution is -0.143. The lowest BCUT2D eigenvalue weighted by Crippen LogP contribution is -2.55. The molecule has 2 aromatic carbocycles.